The van der Waals surface area contributed by atoms with Gasteiger partial charge in [-0.2, -0.15) is 13.2 Å². The molecule has 3 aromatic rings. The number of nitrogens with one attached hydrogen (secondary N) is 1. The fourth-order valence-corrected chi connectivity index (χ4v) is 3.47. The number of nitro benzene ring substituents is 1. The third-order valence-corrected chi connectivity index (χ3v) is 5.13. The van der Waals surface area contributed by atoms with Crippen LogP contribution >= 0.6 is 0 Å². The second-order valence-corrected chi connectivity index (χ2v) is 8.16. The SMILES string of the molecule is CS(=O)(=O)c1ccc([N+](=O)[O-])cc1-c1ccnc(Nc2ccc(C(F)(F)F)cc2)n1. The molecule has 30 heavy (non-hydrogen) atoms. The maximum atomic E-state index is 12.7. The van der Waals surface area contributed by atoms with E-state index >= 15 is 0 Å². The molecule has 8 nitrogen and oxygen atoms in total. The van der Waals surface area contributed by atoms with Crippen molar-refractivity contribution in [2.75, 3.05) is 11.6 Å². The molecule has 1 aromatic heterocycles. The number of nitrogens with zero attached hydrogens (tertiary/aromatic N) is 3. The third-order valence-electron chi connectivity index (χ3n) is 3.97. The molecule has 12 heteroatoms. The number of rotatable bonds is 5. The standard InChI is InChI=1S/C18H13F3N4O4S/c1-30(28,29)16-7-6-13(25(26)27)10-14(16)15-8-9-22-17(24-15)23-12-4-2-11(3-5-12)18(19,20)21/h2-10H,1H3,(H,22,23,24). The fourth-order valence-electron chi connectivity index (χ4n) is 2.60. The van der Waals surface area contributed by atoms with Crippen LogP contribution in [0.5, 0.6) is 0 Å². The molecule has 0 amide bonds. The van der Waals surface area contributed by atoms with E-state index in [4.69, 9.17) is 0 Å². The normalized spacial score (nSPS) is 11.9. The highest BCUT2D eigenvalue weighted by molar-refractivity contribution is 7.90. The molecule has 0 bridgehead atoms. The Labute approximate surface area is 168 Å². The molecule has 0 spiro atoms. The number of benzene rings is 2. The van der Waals surface area contributed by atoms with Gasteiger partial charge in [-0.05, 0) is 36.4 Å². The van der Waals surface area contributed by atoms with E-state index in [1.54, 1.807) is 0 Å². The zero-order chi connectivity index (χ0) is 22.1. The molecule has 0 saturated heterocycles. The molecule has 0 saturated carbocycles. The average Bonchev–Trinajstić information content (AvgIpc) is 2.66. The summed E-state index contributed by atoms with van der Waals surface area (Å²) in [6.07, 6.45) is -2.22. The van der Waals surface area contributed by atoms with Crippen molar-refractivity contribution in [2.24, 2.45) is 0 Å². The lowest BCUT2D eigenvalue weighted by molar-refractivity contribution is -0.384. The van der Waals surface area contributed by atoms with E-state index in [-0.39, 0.29) is 33.5 Å². The number of nitro groups is 1. The first-order valence-electron chi connectivity index (χ1n) is 8.21. The molecule has 0 radical (unpaired) electrons. The van der Waals surface area contributed by atoms with Crippen LogP contribution in [-0.4, -0.2) is 29.6 Å². The Hall–Kier alpha value is -3.54. The quantitative estimate of drug-likeness (QED) is 0.468. The molecular formula is C18H13F3N4O4S. The summed E-state index contributed by atoms with van der Waals surface area (Å²) < 4.78 is 62.2. The summed E-state index contributed by atoms with van der Waals surface area (Å²) in [4.78, 5) is 18.4. The predicted molar refractivity (Wildman–Crippen MR) is 102 cm³/mol. The number of anilines is 2. The van der Waals surface area contributed by atoms with Crippen molar-refractivity contribution in [1.82, 2.24) is 9.97 Å². The van der Waals surface area contributed by atoms with Crippen LogP contribution in [0.15, 0.2) is 59.6 Å². The van der Waals surface area contributed by atoms with Gasteiger partial charge in [0.2, 0.25) is 5.95 Å². The Bertz CT molecular complexity index is 1210. The number of non-ortho nitro benzene ring substituents is 1. The summed E-state index contributed by atoms with van der Waals surface area (Å²) in [6, 6.07) is 8.79. The van der Waals surface area contributed by atoms with Crippen molar-refractivity contribution in [1.29, 1.82) is 0 Å². The van der Waals surface area contributed by atoms with Crippen molar-refractivity contribution >= 4 is 27.2 Å². The molecule has 3 rings (SSSR count). The third kappa shape index (κ3) is 4.71. The number of hydrogen-bond acceptors (Lipinski definition) is 7. The van der Waals surface area contributed by atoms with E-state index in [1.807, 2.05) is 0 Å². The van der Waals surface area contributed by atoms with Crippen molar-refractivity contribution in [3.05, 3.63) is 70.4 Å². The lowest BCUT2D eigenvalue weighted by Crippen LogP contribution is -2.05. The van der Waals surface area contributed by atoms with Gasteiger partial charge in [-0.3, -0.25) is 10.1 Å². The van der Waals surface area contributed by atoms with Crippen molar-refractivity contribution in [3.63, 3.8) is 0 Å². The monoisotopic (exact) mass is 438 g/mol. The van der Waals surface area contributed by atoms with Gasteiger partial charge in [0, 0.05) is 35.8 Å². The lowest BCUT2D eigenvalue weighted by Gasteiger charge is -2.11. The number of hydrogen-bond donors (Lipinski definition) is 1. The molecule has 0 aliphatic carbocycles. The smallest absolute Gasteiger partial charge is 0.324 e. The number of alkyl halides is 3. The Kier molecular flexibility index (Phi) is 5.44. The molecule has 1 heterocycles. The Morgan fingerprint density at radius 3 is 2.30 bits per heavy atom. The molecule has 0 aliphatic heterocycles. The molecular weight excluding hydrogens is 425 g/mol. The van der Waals surface area contributed by atoms with Crippen molar-refractivity contribution in [3.8, 4) is 11.3 Å². The Morgan fingerprint density at radius 2 is 1.73 bits per heavy atom. The molecule has 1 N–H and O–H groups in total. The van der Waals surface area contributed by atoms with Crippen LogP contribution < -0.4 is 5.32 Å². The zero-order valence-electron chi connectivity index (χ0n) is 15.2. The topological polar surface area (TPSA) is 115 Å². The minimum absolute atomic E-state index is 0.00423. The van der Waals surface area contributed by atoms with Crippen LogP contribution in [-0.2, 0) is 16.0 Å². The van der Waals surface area contributed by atoms with Gasteiger partial charge in [-0.1, -0.05) is 0 Å². The van der Waals surface area contributed by atoms with Crippen LogP contribution in [0.4, 0.5) is 30.5 Å². The highest BCUT2D eigenvalue weighted by Gasteiger charge is 2.30. The van der Waals surface area contributed by atoms with E-state index in [0.29, 0.717) is 0 Å². The summed E-state index contributed by atoms with van der Waals surface area (Å²) in [7, 11) is -3.72. The van der Waals surface area contributed by atoms with E-state index in [0.717, 1.165) is 36.6 Å². The fraction of sp³-hybridized carbons (Fsp3) is 0.111. The van der Waals surface area contributed by atoms with Crippen LogP contribution in [0, 0.1) is 10.1 Å². The highest BCUT2D eigenvalue weighted by atomic mass is 32.2. The maximum absolute atomic E-state index is 12.7. The van der Waals surface area contributed by atoms with Gasteiger partial charge in [0.25, 0.3) is 5.69 Å². The first-order chi connectivity index (χ1) is 13.9. The van der Waals surface area contributed by atoms with Crippen molar-refractivity contribution in [2.45, 2.75) is 11.1 Å². The van der Waals surface area contributed by atoms with E-state index in [1.165, 1.54) is 24.4 Å². The number of aromatic nitrogens is 2. The predicted octanol–water partition coefficient (Wildman–Crippen LogP) is 4.22. The van der Waals surface area contributed by atoms with Gasteiger partial charge in [0.05, 0.1) is 21.1 Å². The summed E-state index contributed by atoms with van der Waals surface area (Å²) >= 11 is 0. The molecule has 0 aliphatic rings. The average molecular weight is 438 g/mol. The number of halogens is 3. The zero-order valence-corrected chi connectivity index (χ0v) is 16.0. The minimum atomic E-state index is -4.47. The van der Waals surface area contributed by atoms with E-state index < -0.39 is 26.5 Å². The van der Waals surface area contributed by atoms with Gasteiger partial charge >= 0.3 is 6.18 Å². The summed E-state index contributed by atoms with van der Waals surface area (Å²) in [6.45, 7) is 0. The Balaban J connectivity index is 2.00. The van der Waals surface area contributed by atoms with Gasteiger partial charge in [-0.15, -0.1) is 0 Å². The summed E-state index contributed by atoms with van der Waals surface area (Å²) in [5.41, 5.74) is -0.791. The minimum Gasteiger partial charge on any atom is -0.324 e. The highest BCUT2D eigenvalue weighted by Crippen LogP contribution is 2.32. The number of sulfone groups is 1. The van der Waals surface area contributed by atoms with Crippen LogP contribution in [0.2, 0.25) is 0 Å². The van der Waals surface area contributed by atoms with E-state index in [2.05, 4.69) is 15.3 Å². The van der Waals surface area contributed by atoms with E-state index in [9.17, 15) is 31.7 Å². The molecule has 0 atom stereocenters. The van der Waals surface area contributed by atoms with Crippen LogP contribution in [0.3, 0.4) is 0 Å². The van der Waals surface area contributed by atoms with Crippen LogP contribution in [0.25, 0.3) is 11.3 Å². The van der Waals surface area contributed by atoms with Crippen LogP contribution in [0.1, 0.15) is 5.56 Å². The summed E-state index contributed by atoms with van der Waals surface area (Å²) in [5.74, 6) is -0.0294. The second kappa shape index (κ2) is 7.71. The lowest BCUT2D eigenvalue weighted by atomic mass is 10.1. The van der Waals surface area contributed by atoms with Crippen molar-refractivity contribution < 1.29 is 26.5 Å². The largest absolute Gasteiger partial charge is 0.416 e. The molecule has 156 valence electrons. The molecule has 0 fully saturated rings. The Morgan fingerprint density at radius 1 is 1.07 bits per heavy atom. The van der Waals surface area contributed by atoms with Gasteiger partial charge < -0.3 is 5.32 Å². The molecule has 2 aromatic carbocycles. The maximum Gasteiger partial charge on any atom is 0.416 e. The first kappa shape index (κ1) is 21.2. The van der Waals surface area contributed by atoms with Gasteiger partial charge in [0.15, 0.2) is 9.84 Å². The summed E-state index contributed by atoms with van der Waals surface area (Å²) in [5, 5.41) is 13.8. The molecule has 0 unspecified atom stereocenters. The second-order valence-electron chi connectivity index (χ2n) is 6.18. The first-order valence-corrected chi connectivity index (χ1v) is 10.1. The van der Waals surface area contributed by atoms with Gasteiger partial charge in [-0.25, -0.2) is 18.4 Å². The van der Waals surface area contributed by atoms with Gasteiger partial charge in [0.1, 0.15) is 0 Å².